The monoisotopic (exact) mass is 381 g/mol. The second-order valence-electron chi connectivity index (χ2n) is 5.35. The molecule has 0 saturated heterocycles. The molecule has 0 atom stereocenters. The van der Waals surface area contributed by atoms with Crippen LogP contribution in [0.15, 0.2) is 56.7 Å². The van der Waals surface area contributed by atoms with E-state index in [2.05, 4.69) is 15.6 Å². The molecule has 0 aliphatic carbocycles. The first kappa shape index (κ1) is 19.2. The number of rotatable bonds is 5. The minimum atomic E-state index is -4.02. The summed E-state index contributed by atoms with van der Waals surface area (Å²) in [5.41, 5.74) is 6.95. The van der Waals surface area contributed by atoms with Crippen molar-refractivity contribution < 1.29 is 8.42 Å². The standard InChI is InChI=1S/C16H20ClN5O2S/c1-10-8-12(6-7-18)22-16(21-10)14(15(19)20-2)25(23,24)13-5-3-4-11(17)9-13/h3-5,8-9,22H,6-7,18H2,1-2H3,(H2,19,20)/b16-14+. The molecule has 1 aromatic carbocycles. The fourth-order valence-corrected chi connectivity index (χ4v) is 4.07. The van der Waals surface area contributed by atoms with Gasteiger partial charge >= 0.3 is 0 Å². The fraction of sp³-hybridized carbons (Fsp3) is 0.250. The normalized spacial score (nSPS) is 16.5. The highest BCUT2D eigenvalue weighted by Crippen LogP contribution is 2.26. The number of nitrogens with two attached hydrogens (primary N) is 1. The average molecular weight is 382 g/mol. The van der Waals surface area contributed by atoms with Crippen LogP contribution < -0.4 is 16.4 Å². The van der Waals surface area contributed by atoms with Gasteiger partial charge in [0.25, 0.3) is 0 Å². The van der Waals surface area contributed by atoms with Crippen LogP contribution in [0.3, 0.4) is 0 Å². The Hall–Kier alpha value is -2.16. The van der Waals surface area contributed by atoms with E-state index >= 15 is 0 Å². The van der Waals surface area contributed by atoms with E-state index in [4.69, 9.17) is 22.7 Å². The Morgan fingerprint density at radius 3 is 2.76 bits per heavy atom. The van der Waals surface area contributed by atoms with Gasteiger partial charge in [-0.15, -0.1) is 0 Å². The van der Waals surface area contributed by atoms with Crippen LogP contribution in [-0.4, -0.2) is 33.6 Å². The van der Waals surface area contributed by atoms with Gasteiger partial charge in [0.15, 0.2) is 10.7 Å². The number of amidine groups is 1. The van der Waals surface area contributed by atoms with Crippen LogP contribution in [-0.2, 0) is 9.84 Å². The van der Waals surface area contributed by atoms with Crippen molar-refractivity contribution in [3.05, 3.63) is 51.8 Å². The summed E-state index contributed by atoms with van der Waals surface area (Å²) in [5, 5.41) is 13.9. The zero-order valence-corrected chi connectivity index (χ0v) is 15.5. The Morgan fingerprint density at radius 1 is 1.44 bits per heavy atom. The zero-order valence-electron chi connectivity index (χ0n) is 13.9. The number of aliphatic imine (C=N–C) groups is 1. The highest BCUT2D eigenvalue weighted by atomic mass is 35.5. The first-order chi connectivity index (χ1) is 11.8. The molecule has 0 aromatic heterocycles. The van der Waals surface area contributed by atoms with Gasteiger partial charge in [0.2, 0.25) is 9.84 Å². The molecule has 25 heavy (non-hydrogen) atoms. The number of benzene rings is 1. The van der Waals surface area contributed by atoms with E-state index in [9.17, 15) is 8.42 Å². The molecule has 1 aliphatic heterocycles. The van der Waals surface area contributed by atoms with Crippen LogP contribution in [0.1, 0.15) is 13.3 Å². The second kappa shape index (κ2) is 7.81. The van der Waals surface area contributed by atoms with E-state index in [0.717, 1.165) is 5.70 Å². The molecular weight excluding hydrogens is 362 g/mol. The molecule has 0 saturated carbocycles. The lowest BCUT2D eigenvalue weighted by Gasteiger charge is -2.20. The molecule has 0 radical (unpaired) electrons. The topological polar surface area (TPSA) is 120 Å². The maximum absolute atomic E-state index is 13.1. The molecule has 7 nitrogen and oxygen atoms in total. The second-order valence-corrected chi connectivity index (χ2v) is 7.67. The van der Waals surface area contributed by atoms with Crippen molar-refractivity contribution in [2.75, 3.05) is 13.6 Å². The molecular formula is C16H20ClN5O2S. The number of likely N-dealkylation sites (N-methyl/N-ethyl adjacent to an activating group) is 1. The van der Waals surface area contributed by atoms with Gasteiger partial charge in [-0.05, 0) is 44.2 Å². The molecule has 0 bridgehead atoms. The van der Waals surface area contributed by atoms with Gasteiger partial charge in [-0.2, -0.15) is 0 Å². The summed E-state index contributed by atoms with van der Waals surface area (Å²) in [7, 11) is -2.54. The number of nitrogens with zero attached hydrogens (tertiary/aromatic N) is 1. The molecule has 1 aliphatic rings. The summed E-state index contributed by atoms with van der Waals surface area (Å²) in [6, 6.07) is 5.90. The van der Waals surface area contributed by atoms with Gasteiger partial charge in [-0.3, -0.25) is 5.41 Å². The van der Waals surface area contributed by atoms with Crippen molar-refractivity contribution in [3.63, 3.8) is 0 Å². The Labute approximate surface area is 152 Å². The van der Waals surface area contributed by atoms with Gasteiger partial charge < -0.3 is 16.4 Å². The SMILES string of the molecule is CNC(=N)/C(=C1/N=C(C)C=C(CCN)N1)S(=O)(=O)c1cccc(Cl)c1. The van der Waals surface area contributed by atoms with Crippen LogP contribution in [0.4, 0.5) is 0 Å². The number of hydrogen-bond acceptors (Lipinski definition) is 6. The average Bonchev–Trinajstić information content (AvgIpc) is 2.54. The van der Waals surface area contributed by atoms with Gasteiger partial charge in [0.1, 0.15) is 5.84 Å². The van der Waals surface area contributed by atoms with E-state index in [1.807, 2.05) is 0 Å². The zero-order chi connectivity index (χ0) is 18.6. The summed E-state index contributed by atoms with van der Waals surface area (Å²) in [4.78, 5) is 4.02. The van der Waals surface area contributed by atoms with E-state index < -0.39 is 9.84 Å². The molecule has 2 rings (SSSR count). The maximum atomic E-state index is 13.1. The Morgan fingerprint density at radius 2 is 2.16 bits per heavy atom. The third-order valence-corrected chi connectivity index (χ3v) is 5.48. The summed E-state index contributed by atoms with van der Waals surface area (Å²) < 4.78 is 26.2. The Balaban J connectivity index is 2.65. The lowest BCUT2D eigenvalue weighted by atomic mass is 10.2. The molecule has 0 amide bonds. The Kier molecular flexibility index (Phi) is 5.99. The van der Waals surface area contributed by atoms with Crippen molar-refractivity contribution in [1.82, 2.24) is 10.6 Å². The van der Waals surface area contributed by atoms with E-state index in [0.29, 0.717) is 23.7 Å². The van der Waals surface area contributed by atoms with Crippen molar-refractivity contribution in [2.45, 2.75) is 18.2 Å². The van der Waals surface area contributed by atoms with Gasteiger partial charge in [0.05, 0.1) is 4.90 Å². The highest BCUT2D eigenvalue weighted by molar-refractivity contribution is 7.96. The molecule has 0 unspecified atom stereocenters. The van der Waals surface area contributed by atoms with Crippen molar-refractivity contribution in [3.8, 4) is 0 Å². The molecule has 134 valence electrons. The van der Waals surface area contributed by atoms with Gasteiger partial charge in [-0.25, -0.2) is 13.4 Å². The minimum absolute atomic E-state index is 0.00733. The smallest absolute Gasteiger partial charge is 0.213 e. The quantitative estimate of drug-likeness (QED) is 0.457. The minimum Gasteiger partial charge on any atom is -0.372 e. The number of halogens is 1. The number of allylic oxidation sites excluding steroid dienone is 1. The number of nitrogens with one attached hydrogen (secondary N) is 3. The van der Waals surface area contributed by atoms with Gasteiger partial charge in [0, 0.05) is 23.5 Å². The van der Waals surface area contributed by atoms with Crippen LogP contribution >= 0.6 is 11.6 Å². The predicted octanol–water partition coefficient (Wildman–Crippen LogP) is 1.78. The van der Waals surface area contributed by atoms with Crippen LogP contribution in [0.5, 0.6) is 0 Å². The van der Waals surface area contributed by atoms with Crippen molar-refractivity contribution >= 4 is 33.0 Å². The lowest BCUT2D eigenvalue weighted by Crippen LogP contribution is -2.31. The van der Waals surface area contributed by atoms with Crippen LogP contribution in [0.2, 0.25) is 5.02 Å². The van der Waals surface area contributed by atoms with Crippen LogP contribution in [0.25, 0.3) is 0 Å². The van der Waals surface area contributed by atoms with Crippen molar-refractivity contribution in [2.24, 2.45) is 10.7 Å². The third kappa shape index (κ3) is 4.28. The third-order valence-electron chi connectivity index (χ3n) is 3.43. The predicted molar refractivity (Wildman–Crippen MR) is 100 cm³/mol. The lowest BCUT2D eigenvalue weighted by molar-refractivity contribution is 0.602. The maximum Gasteiger partial charge on any atom is 0.213 e. The number of sulfone groups is 1. The first-order valence-electron chi connectivity index (χ1n) is 7.54. The summed E-state index contributed by atoms with van der Waals surface area (Å²) in [6.45, 7) is 2.16. The summed E-state index contributed by atoms with van der Waals surface area (Å²) in [6.07, 6.45) is 2.33. The highest BCUT2D eigenvalue weighted by Gasteiger charge is 2.30. The number of hydrogen-bond donors (Lipinski definition) is 4. The molecule has 5 N–H and O–H groups in total. The van der Waals surface area contributed by atoms with Crippen molar-refractivity contribution in [1.29, 1.82) is 5.41 Å². The molecule has 1 heterocycles. The molecule has 0 spiro atoms. The van der Waals surface area contributed by atoms with Crippen LogP contribution in [0, 0.1) is 5.41 Å². The van der Waals surface area contributed by atoms with E-state index in [1.54, 1.807) is 25.1 Å². The van der Waals surface area contributed by atoms with E-state index in [1.165, 1.54) is 19.2 Å². The first-order valence-corrected chi connectivity index (χ1v) is 9.40. The van der Waals surface area contributed by atoms with E-state index in [-0.39, 0.29) is 21.5 Å². The fourth-order valence-electron chi connectivity index (χ4n) is 2.32. The van der Waals surface area contributed by atoms with Gasteiger partial charge in [-0.1, -0.05) is 17.7 Å². The molecule has 9 heteroatoms. The Bertz CT molecular complexity index is 888. The molecule has 1 aromatic rings. The largest absolute Gasteiger partial charge is 0.372 e. The summed E-state index contributed by atoms with van der Waals surface area (Å²) in [5.74, 6) is -0.184. The summed E-state index contributed by atoms with van der Waals surface area (Å²) >= 11 is 5.93. The molecule has 0 fully saturated rings.